The molecule has 2 aromatic carbocycles. The highest BCUT2D eigenvalue weighted by Crippen LogP contribution is 2.27. The summed E-state index contributed by atoms with van der Waals surface area (Å²) in [7, 11) is 0. The monoisotopic (exact) mass is 339 g/mol. The standard InChI is InChI=1S/C18H15F2N5/c19-13-5-3-10(4-6-13)17(25-18(22)23)15(21)12-8-11-2-1-7-24-16(11)14(20)9-12/h1-9H,21H2,(H4,22,23,25)/b17-15-. The molecule has 1 aromatic heterocycles. The summed E-state index contributed by atoms with van der Waals surface area (Å²) in [4.78, 5) is 8.03. The molecule has 0 radical (unpaired) electrons. The Labute approximate surface area is 142 Å². The highest BCUT2D eigenvalue weighted by Gasteiger charge is 2.12. The summed E-state index contributed by atoms with van der Waals surface area (Å²) in [6, 6.07) is 11.9. The zero-order valence-corrected chi connectivity index (χ0v) is 13.1. The largest absolute Gasteiger partial charge is 0.396 e. The van der Waals surface area contributed by atoms with Crippen molar-refractivity contribution in [3.63, 3.8) is 0 Å². The quantitative estimate of drug-likeness (QED) is 0.387. The van der Waals surface area contributed by atoms with Gasteiger partial charge in [-0.25, -0.2) is 13.8 Å². The predicted molar refractivity (Wildman–Crippen MR) is 94.9 cm³/mol. The molecule has 0 saturated carbocycles. The van der Waals surface area contributed by atoms with Gasteiger partial charge in [-0.15, -0.1) is 0 Å². The van der Waals surface area contributed by atoms with Crippen LogP contribution in [0.15, 0.2) is 59.7 Å². The van der Waals surface area contributed by atoms with Crippen LogP contribution in [-0.2, 0) is 0 Å². The summed E-state index contributed by atoms with van der Waals surface area (Å²) in [6.45, 7) is 0. The Morgan fingerprint density at radius 3 is 2.32 bits per heavy atom. The Bertz CT molecular complexity index is 990. The van der Waals surface area contributed by atoms with Crippen molar-refractivity contribution in [1.29, 1.82) is 0 Å². The predicted octanol–water partition coefficient (Wildman–Crippen LogP) is 2.57. The number of pyridine rings is 1. The van der Waals surface area contributed by atoms with Crippen molar-refractivity contribution in [2.45, 2.75) is 0 Å². The molecule has 25 heavy (non-hydrogen) atoms. The van der Waals surface area contributed by atoms with Crippen LogP contribution in [0.5, 0.6) is 0 Å². The van der Waals surface area contributed by atoms with E-state index in [2.05, 4.69) is 9.98 Å². The SMILES string of the molecule is NC(N)=N/C(=C(\N)c1cc(F)c2ncccc2c1)c1ccc(F)cc1. The van der Waals surface area contributed by atoms with Gasteiger partial charge in [-0.2, -0.15) is 0 Å². The van der Waals surface area contributed by atoms with E-state index >= 15 is 0 Å². The summed E-state index contributed by atoms with van der Waals surface area (Å²) in [5.74, 6) is -1.14. The number of rotatable bonds is 3. The number of nitrogens with two attached hydrogens (primary N) is 3. The molecule has 0 aliphatic carbocycles. The summed E-state index contributed by atoms with van der Waals surface area (Å²) >= 11 is 0. The van der Waals surface area contributed by atoms with Gasteiger partial charge in [0.05, 0.1) is 11.4 Å². The molecule has 126 valence electrons. The Morgan fingerprint density at radius 1 is 0.920 bits per heavy atom. The maximum absolute atomic E-state index is 14.3. The first kappa shape index (κ1) is 16.4. The van der Waals surface area contributed by atoms with E-state index in [1.807, 2.05) is 0 Å². The molecule has 3 aromatic rings. The molecule has 3 rings (SSSR count). The number of halogens is 2. The van der Waals surface area contributed by atoms with Gasteiger partial charge in [0.2, 0.25) is 0 Å². The topological polar surface area (TPSA) is 103 Å². The van der Waals surface area contributed by atoms with Gasteiger partial charge < -0.3 is 17.2 Å². The lowest BCUT2D eigenvalue weighted by Crippen LogP contribution is -2.23. The fourth-order valence-electron chi connectivity index (χ4n) is 2.46. The minimum Gasteiger partial charge on any atom is -0.396 e. The maximum atomic E-state index is 14.3. The fraction of sp³-hybridized carbons (Fsp3) is 0. The van der Waals surface area contributed by atoms with E-state index in [1.165, 1.54) is 36.5 Å². The van der Waals surface area contributed by atoms with Crippen molar-refractivity contribution in [3.05, 3.63) is 77.5 Å². The van der Waals surface area contributed by atoms with Gasteiger partial charge in [-0.3, -0.25) is 4.98 Å². The lowest BCUT2D eigenvalue weighted by Gasteiger charge is -2.11. The number of nitrogens with zero attached hydrogens (tertiary/aromatic N) is 2. The second kappa shape index (κ2) is 6.56. The van der Waals surface area contributed by atoms with E-state index in [4.69, 9.17) is 17.2 Å². The number of benzene rings is 2. The van der Waals surface area contributed by atoms with Crippen LogP contribution in [0.1, 0.15) is 11.1 Å². The van der Waals surface area contributed by atoms with Gasteiger partial charge in [0, 0.05) is 22.7 Å². The average molecular weight is 339 g/mol. The van der Waals surface area contributed by atoms with E-state index in [9.17, 15) is 8.78 Å². The highest BCUT2D eigenvalue weighted by atomic mass is 19.1. The number of hydrogen-bond donors (Lipinski definition) is 3. The van der Waals surface area contributed by atoms with E-state index in [0.717, 1.165) is 0 Å². The Kier molecular flexibility index (Phi) is 4.30. The zero-order chi connectivity index (χ0) is 18.0. The van der Waals surface area contributed by atoms with Gasteiger partial charge in [-0.05, 0) is 42.5 Å². The lowest BCUT2D eigenvalue weighted by atomic mass is 10.0. The number of aliphatic imine (C=N–C) groups is 1. The highest BCUT2D eigenvalue weighted by molar-refractivity contribution is 5.96. The number of fused-ring (bicyclic) bond motifs is 1. The molecule has 0 amide bonds. The lowest BCUT2D eigenvalue weighted by molar-refractivity contribution is 0.627. The molecular formula is C18H15F2N5. The normalized spacial score (nSPS) is 11.9. The third-order valence-electron chi connectivity index (χ3n) is 3.58. The summed E-state index contributed by atoms with van der Waals surface area (Å²) in [6.07, 6.45) is 1.51. The number of aromatic nitrogens is 1. The van der Waals surface area contributed by atoms with Gasteiger partial charge in [-0.1, -0.05) is 6.07 Å². The van der Waals surface area contributed by atoms with Crippen molar-refractivity contribution in [1.82, 2.24) is 4.98 Å². The van der Waals surface area contributed by atoms with Gasteiger partial charge in [0.15, 0.2) is 5.96 Å². The minimum absolute atomic E-state index is 0.157. The molecule has 7 heteroatoms. The Hall–Kier alpha value is -3.48. The Morgan fingerprint density at radius 2 is 1.64 bits per heavy atom. The molecular weight excluding hydrogens is 324 g/mol. The van der Waals surface area contributed by atoms with Crippen molar-refractivity contribution in [2.75, 3.05) is 0 Å². The molecule has 0 unspecified atom stereocenters. The number of guanidine groups is 1. The van der Waals surface area contributed by atoms with E-state index in [-0.39, 0.29) is 22.9 Å². The first-order valence-corrected chi connectivity index (χ1v) is 7.35. The zero-order valence-electron chi connectivity index (χ0n) is 13.1. The van der Waals surface area contributed by atoms with Crippen LogP contribution in [0.4, 0.5) is 8.78 Å². The van der Waals surface area contributed by atoms with Crippen LogP contribution >= 0.6 is 0 Å². The van der Waals surface area contributed by atoms with Crippen LogP contribution in [0.2, 0.25) is 0 Å². The van der Waals surface area contributed by atoms with E-state index in [0.29, 0.717) is 16.5 Å². The van der Waals surface area contributed by atoms with Crippen molar-refractivity contribution < 1.29 is 8.78 Å². The van der Waals surface area contributed by atoms with E-state index < -0.39 is 11.6 Å². The first-order chi connectivity index (χ1) is 12.0. The third kappa shape index (κ3) is 3.40. The van der Waals surface area contributed by atoms with Crippen molar-refractivity contribution >= 4 is 28.3 Å². The molecule has 0 fully saturated rings. The first-order valence-electron chi connectivity index (χ1n) is 7.35. The van der Waals surface area contributed by atoms with Crippen LogP contribution in [0.25, 0.3) is 22.3 Å². The summed E-state index contributed by atoms with van der Waals surface area (Å²) in [5, 5.41) is 0.587. The number of hydrogen-bond acceptors (Lipinski definition) is 3. The molecule has 1 heterocycles. The van der Waals surface area contributed by atoms with Crippen molar-refractivity contribution in [2.24, 2.45) is 22.2 Å². The molecule has 0 aliphatic heterocycles. The maximum Gasteiger partial charge on any atom is 0.191 e. The van der Waals surface area contributed by atoms with Crippen LogP contribution in [0, 0.1) is 11.6 Å². The van der Waals surface area contributed by atoms with E-state index in [1.54, 1.807) is 18.2 Å². The molecule has 6 N–H and O–H groups in total. The summed E-state index contributed by atoms with van der Waals surface area (Å²) in [5.41, 5.74) is 18.7. The van der Waals surface area contributed by atoms with Gasteiger partial charge in [0.25, 0.3) is 0 Å². The smallest absolute Gasteiger partial charge is 0.191 e. The second-order valence-corrected chi connectivity index (χ2v) is 5.34. The third-order valence-corrected chi connectivity index (χ3v) is 3.58. The molecule has 0 saturated heterocycles. The summed E-state index contributed by atoms with van der Waals surface area (Å²) < 4.78 is 27.5. The molecule has 0 aliphatic rings. The van der Waals surface area contributed by atoms with Crippen LogP contribution in [0.3, 0.4) is 0 Å². The molecule has 5 nitrogen and oxygen atoms in total. The fourth-order valence-corrected chi connectivity index (χ4v) is 2.46. The second-order valence-electron chi connectivity index (χ2n) is 5.34. The van der Waals surface area contributed by atoms with Crippen LogP contribution < -0.4 is 17.2 Å². The van der Waals surface area contributed by atoms with Crippen LogP contribution in [-0.4, -0.2) is 10.9 Å². The van der Waals surface area contributed by atoms with Crippen molar-refractivity contribution in [3.8, 4) is 0 Å². The molecule has 0 bridgehead atoms. The molecule has 0 atom stereocenters. The minimum atomic E-state index is -0.515. The molecule has 0 spiro atoms. The van der Waals surface area contributed by atoms with Gasteiger partial charge >= 0.3 is 0 Å². The average Bonchev–Trinajstić information content (AvgIpc) is 2.60. The Balaban J connectivity index is 2.23. The van der Waals surface area contributed by atoms with Gasteiger partial charge in [0.1, 0.15) is 17.2 Å².